The molecule has 0 saturated carbocycles. The molecule has 1 saturated heterocycles. The van der Waals surface area contributed by atoms with Crippen molar-refractivity contribution in [1.29, 1.82) is 0 Å². The average molecular weight is 371 g/mol. The summed E-state index contributed by atoms with van der Waals surface area (Å²) >= 11 is 1.84. The second-order valence-electron chi connectivity index (χ2n) is 3.85. The maximum atomic E-state index is 13.8. The minimum absolute atomic E-state index is 0.0458. The monoisotopic (exact) mass is 371 g/mol. The van der Waals surface area contributed by atoms with E-state index in [0.717, 1.165) is 4.57 Å². The quantitative estimate of drug-likeness (QED) is 0.577. The molecule has 1 aliphatic rings. The number of hydrogen-bond donors (Lipinski definition) is 3. The van der Waals surface area contributed by atoms with Crippen LogP contribution in [0.1, 0.15) is 6.23 Å². The summed E-state index contributed by atoms with van der Waals surface area (Å²) in [7, 11) is 0. The van der Waals surface area contributed by atoms with Crippen LogP contribution < -0.4 is 11.4 Å². The van der Waals surface area contributed by atoms with Crippen LogP contribution in [-0.2, 0) is 4.74 Å². The molecule has 1 fully saturated rings. The van der Waals surface area contributed by atoms with Crippen molar-refractivity contribution in [1.82, 2.24) is 9.55 Å². The first-order chi connectivity index (χ1) is 8.45. The Morgan fingerprint density at radius 1 is 1.67 bits per heavy atom. The average Bonchev–Trinajstić information content (AvgIpc) is 2.61. The van der Waals surface area contributed by atoms with E-state index in [1.54, 1.807) is 0 Å². The summed E-state index contributed by atoms with van der Waals surface area (Å²) in [5.74, 6) is 0.0458. The van der Waals surface area contributed by atoms with Gasteiger partial charge in [0.2, 0.25) is 0 Å². The first-order valence-corrected chi connectivity index (χ1v) is 6.16. The van der Waals surface area contributed by atoms with Crippen molar-refractivity contribution in [2.75, 3.05) is 12.3 Å². The maximum Gasteiger partial charge on any atom is 0.351 e. The van der Waals surface area contributed by atoms with Crippen molar-refractivity contribution >= 4 is 28.4 Å². The molecular weight excluding hydrogens is 360 g/mol. The first kappa shape index (κ1) is 13.6. The molecule has 0 unspecified atom stereocenters. The van der Waals surface area contributed by atoms with E-state index in [1.807, 2.05) is 22.6 Å². The summed E-state index contributed by atoms with van der Waals surface area (Å²) < 4.78 is 20.3. The molecule has 2 heterocycles. The van der Waals surface area contributed by atoms with Gasteiger partial charge in [-0.3, -0.25) is 4.57 Å². The van der Waals surface area contributed by atoms with Gasteiger partial charge in [-0.1, -0.05) is 0 Å². The van der Waals surface area contributed by atoms with Crippen LogP contribution in [0.15, 0.2) is 11.0 Å². The van der Waals surface area contributed by atoms with E-state index in [9.17, 15) is 14.3 Å². The Balaban J connectivity index is 2.39. The third kappa shape index (κ3) is 2.22. The molecular formula is C9H11FIN3O4. The zero-order valence-corrected chi connectivity index (χ0v) is 11.2. The molecule has 0 spiro atoms. The molecule has 0 aromatic carbocycles. The Morgan fingerprint density at radius 2 is 2.33 bits per heavy atom. The van der Waals surface area contributed by atoms with Gasteiger partial charge in [0, 0.05) is 6.20 Å². The van der Waals surface area contributed by atoms with Gasteiger partial charge in [-0.25, -0.2) is 9.18 Å². The van der Waals surface area contributed by atoms with E-state index in [-0.39, 0.29) is 5.82 Å². The third-order valence-electron chi connectivity index (χ3n) is 2.68. The molecule has 0 amide bonds. The number of halogens is 2. The van der Waals surface area contributed by atoms with E-state index in [2.05, 4.69) is 4.98 Å². The van der Waals surface area contributed by atoms with Gasteiger partial charge >= 0.3 is 5.69 Å². The maximum absolute atomic E-state index is 13.8. The normalized spacial score (nSPS) is 31.8. The molecule has 7 nitrogen and oxygen atoms in total. The van der Waals surface area contributed by atoms with Gasteiger partial charge in [0.15, 0.2) is 12.4 Å². The Bertz CT molecular complexity index is 511. The summed E-state index contributed by atoms with van der Waals surface area (Å²) in [5.41, 5.74) is 4.68. The number of rotatable bonds is 2. The van der Waals surface area contributed by atoms with Gasteiger partial charge < -0.3 is 20.7 Å². The standard InChI is InChI=1S/C9H11FIN3O4/c10-5-6(16)4(2-15)18-8(5)14-1-3(11)7(12)13-9(14)17/h1,4-6,8,15-16H,2H2,(H2,12,13,17)/t4-,5-,6-,8-/m1/s1. The summed E-state index contributed by atoms with van der Waals surface area (Å²) in [4.78, 5) is 15.1. The number of nitrogens with two attached hydrogens (primary N) is 1. The minimum Gasteiger partial charge on any atom is -0.394 e. The predicted octanol–water partition coefficient (Wildman–Crippen LogP) is -0.981. The summed E-state index contributed by atoms with van der Waals surface area (Å²) in [6.07, 6.45) is -4.38. The highest BCUT2D eigenvalue weighted by atomic mass is 127. The Labute approximate surface area is 115 Å². The van der Waals surface area contributed by atoms with E-state index in [4.69, 9.17) is 15.6 Å². The number of anilines is 1. The molecule has 2 rings (SSSR count). The van der Waals surface area contributed by atoms with Crippen LogP contribution in [-0.4, -0.2) is 44.8 Å². The molecule has 1 aromatic heterocycles. The summed E-state index contributed by atoms with van der Waals surface area (Å²) in [6.45, 7) is -0.535. The van der Waals surface area contributed by atoms with Crippen LogP contribution in [0.5, 0.6) is 0 Å². The number of hydrogen-bond acceptors (Lipinski definition) is 6. The Kier molecular flexibility index (Phi) is 3.84. The lowest BCUT2D eigenvalue weighted by molar-refractivity contribution is -0.0491. The number of aliphatic hydroxyl groups excluding tert-OH is 2. The number of alkyl halides is 1. The van der Waals surface area contributed by atoms with E-state index in [0.29, 0.717) is 3.57 Å². The number of aliphatic hydroxyl groups is 2. The minimum atomic E-state index is -1.82. The first-order valence-electron chi connectivity index (χ1n) is 5.08. The molecule has 0 bridgehead atoms. The van der Waals surface area contributed by atoms with E-state index < -0.39 is 36.9 Å². The number of nitrogen functional groups attached to an aromatic ring is 1. The van der Waals surface area contributed by atoms with Gasteiger partial charge in [0.1, 0.15) is 18.0 Å². The molecule has 9 heteroatoms. The highest BCUT2D eigenvalue weighted by Crippen LogP contribution is 2.31. The molecule has 4 N–H and O–H groups in total. The molecule has 1 aliphatic heterocycles. The molecule has 0 aliphatic carbocycles. The van der Waals surface area contributed by atoms with Crippen molar-refractivity contribution < 1.29 is 19.3 Å². The van der Waals surface area contributed by atoms with Gasteiger partial charge in [-0.2, -0.15) is 4.98 Å². The van der Waals surface area contributed by atoms with E-state index in [1.165, 1.54) is 6.20 Å². The number of nitrogens with zero attached hydrogens (tertiary/aromatic N) is 2. The summed E-state index contributed by atoms with van der Waals surface area (Å²) in [6, 6.07) is 0. The predicted molar refractivity (Wildman–Crippen MR) is 67.5 cm³/mol. The number of aromatic nitrogens is 2. The van der Waals surface area contributed by atoms with Crippen LogP contribution in [0.2, 0.25) is 0 Å². The fourth-order valence-electron chi connectivity index (χ4n) is 1.72. The highest BCUT2D eigenvalue weighted by Gasteiger charge is 2.45. The molecule has 4 atom stereocenters. The second-order valence-corrected chi connectivity index (χ2v) is 5.01. The molecule has 1 aromatic rings. The van der Waals surface area contributed by atoms with Crippen LogP contribution in [0.4, 0.5) is 10.2 Å². The van der Waals surface area contributed by atoms with Crippen molar-refractivity contribution in [3.8, 4) is 0 Å². The van der Waals surface area contributed by atoms with Crippen LogP contribution in [0.3, 0.4) is 0 Å². The molecule has 0 radical (unpaired) electrons. The zero-order valence-electron chi connectivity index (χ0n) is 9.03. The topological polar surface area (TPSA) is 111 Å². The zero-order chi connectivity index (χ0) is 13.4. The van der Waals surface area contributed by atoms with Gasteiger partial charge in [-0.15, -0.1) is 0 Å². The third-order valence-corrected chi connectivity index (χ3v) is 3.51. The Morgan fingerprint density at radius 3 is 2.89 bits per heavy atom. The number of ether oxygens (including phenoxy) is 1. The van der Waals surface area contributed by atoms with Gasteiger partial charge in [0.25, 0.3) is 0 Å². The van der Waals surface area contributed by atoms with Crippen molar-refractivity contribution in [2.24, 2.45) is 0 Å². The van der Waals surface area contributed by atoms with Gasteiger partial charge in [-0.05, 0) is 22.6 Å². The smallest absolute Gasteiger partial charge is 0.351 e. The second kappa shape index (κ2) is 5.07. The molecule has 100 valence electrons. The fourth-order valence-corrected chi connectivity index (χ4v) is 2.14. The molecule has 18 heavy (non-hydrogen) atoms. The lowest BCUT2D eigenvalue weighted by Crippen LogP contribution is -2.34. The van der Waals surface area contributed by atoms with Gasteiger partial charge in [0.05, 0.1) is 10.2 Å². The highest BCUT2D eigenvalue weighted by molar-refractivity contribution is 14.1. The van der Waals surface area contributed by atoms with Crippen molar-refractivity contribution in [3.63, 3.8) is 0 Å². The van der Waals surface area contributed by atoms with Crippen LogP contribution in [0, 0.1) is 3.57 Å². The van der Waals surface area contributed by atoms with E-state index >= 15 is 0 Å². The van der Waals surface area contributed by atoms with Crippen LogP contribution >= 0.6 is 22.6 Å². The van der Waals surface area contributed by atoms with Crippen LogP contribution in [0.25, 0.3) is 0 Å². The van der Waals surface area contributed by atoms with Crippen molar-refractivity contribution in [2.45, 2.75) is 24.6 Å². The summed E-state index contributed by atoms with van der Waals surface area (Å²) in [5, 5.41) is 18.4. The Hall–Kier alpha value is -0.780. The van der Waals surface area contributed by atoms with Crippen molar-refractivity contribution in [3.05, 3.63) is 20.3 Å². The fraction of sp³-hybridized carbons (Fsp3) is 0.556. The largest absolute Gasteiger partial charge is 0.394 e. The lowest BCUT2D eigenvalue weighted by atomic mass is 10.1. The lowest BCUT2D eigenvalue weighted by Gasteiger charge is -2.16. The SMILES string of the molecule is Nc1nc(=O)n([C@@H]2O[C@H](CO)[C@@H](O)[C@H]2F)cc1I.